The van der Waals surface area contributed by atoms with Crippen molar-refractivity contribution in [3.05, 3.63) is 0 Å². The third-order valence-corrected chi connectivity index (χ3v) is 0. The van der Waals surface area contributed by atoms with Crippen molar-refractivity contribution in [3.8, 4) is 0 Å². The molecule has 1 unspecified atom stereocenters. The average molecular weight is 148 g/mol. The van der Waals surface area contributed by atoms with Crippen LogP contribution in [0.15, 0.2) is 0 Å². The predicted octanol–water partition coefficient (Wildman–Crippen LogP) is -0.234. The SMILES string of the molecule is C.O=P(O)(O)O.P. The zero-order chi connectivity index (χ0) is 4.50. The molecule has 0 aromatic heterocycles. The van der Waals surface area contributed by atoms with E-state index in [1.165, 1.54) is 0 Å². The second-order valence-corrected chi connectivity index (χ2v) is 1.54. The normalized spacial score (nSPS) is 8.43. The fourth-order valence-electron chi connectivity index (χ4n) is 0. The highest BCUT2D eigenvalue weighted by molar-refractivity contribution is 7.45. The molecule has 0 rings (SSSR count). The highest BCUT2D eigenvalue weighted by Gasteiger charge is 2.00. The lowest BCUT2D eigenvalue weighted by atomic mass is 12.0. The Bertz CT molecular complexity index is 55.8. The number of phosphoric acid groups is 1. The summed E-state index contributed by atoms with van der Waals surface area (Å²) in [4.78, 5) is 21.6. The number of hydrogen-bond donors (Lipinski definition) is 3. The van der Waals surface area contributed by atoms with Gasteiger partial charge in [-0.05, 0) is 0 Å². The third kappa shape index (κ3) is 462. The van der Waals surface area contributed by atoms with Gasteiger partial charge in [0, 0.05) is 0 Å². The monoisotopic (exact) mass is 148 g/mol. The minimum absolute atomic E-state index is 0. The third-order valence-electron chi connectivity index (χ3n) is 0. The maximum atomic E-state index is 8.88. The van der Waals surface area contributed by atoms with E-state index in [9.17, 15) is 0 Å². The van der Waals surface area contributed by atoms with Gasteiger partial charge in [-0.25, -0.2) is 4.57 Å². The maximum absolute atomic E-state index is 8.88. The van der Waals surface area contributed by atoms with Gasteiger partial charge in [0.15, 0.2) is 0 Å². The number of rotatable bonds is 0. The van der Waals surface area contributed by atoms with Crippen LogP contribution in [0.4, 0.5) is 0 Å². The minimum Gasteiger partial charge on any atom is -0.303 e. The molecule has 1 atom stereocenters. The highest BCUT2D eigenvalue weighted by Crippen LogP contribution is 2.25. The lowest BCUT2D eigenvalue weighted by molar-refractivity contribution is 0.275. The molecule has 0 amide bonds. The van der Waals surface area contributed by atoms with Gasteiger partial charge in [-0.3, -0.25) is 0 Å². The molecular formula is CH10O4P2. The predicted molar refractivity (Wildman–Crippen MR) is 32.1 cm³/mol. The summed E-state index contributed by atoms with van der Waals surface area (Å²) in [5, 5.41) is 0. The van der Waals surface area contributed by atoms with E-state index in [4.69, 9.17) is 19.2 Å². The molecule has 3 N–H and O–H groups in total. The minimum atomic E-state index is -4.64. The highest BCUT2D eigenvalue weighted by atomic mass is 31.2. The average Bonchev–Trinajstić information content (AvgIpc) is 0.722. The zero-order valence-corrected chi connectivity index (χ0v) is 5.21. The van der Waals surface area contributed by atoms with Crippen molar-refractivity contribution in [2.45, 2.75) is 7.43 Å². The van der Waals surface area contributed by atoms with E-state index in [-0.39, 0.29) is 17.3 Å². The largest absolute Gasteiger partial charge is 0.466 e. The fraction of sp³-hybridized carbons (Fsp3) is 1.00. The summed E-state index contributed by atoms with van der Waals surface area (Å²) in [6, 6.07) is 0. The van der Waals surface area contributed by atoms with Crippen LogP contribution in [-0.2, 0) is 4.57 Å². The van der Waals surface area contributed by atoms with Crippen molar-refractivity contribution in [2.24, 2.45) is 0 Å². The summed E-state index contributed by atoms with van der Waals surface area (Å²) in [7, 11) is -4.64. The van der Waals surface area contributed by atoms with E-state index in [1.54, 1.807) is 0 Å². The summed E-state index contributed by atoms with van der Waals surface area (Å²) in [5.41, 5.74) is 0. The van der Waals surface area contributed by atoms with Crippen molar-refractivity contribution in [2.75, 3.05) is 0 Å². The summed E-state index contributed by atoms with van der Waals surface area (Å²) < 4.78 is 8.88. The van der Waals surface area contributed by atoms with Crippen LogP contribution in [-0.4, -0.2) is 14.7 Å². The molecule has 0 aromatic carbocycles. The Kier molecular flexibility index (Phi) is 10.5. The van der Waals surface area contributed by atoms with Crippen LogP contribution in [0.1, 0.15) is 7.43 Å². The van der Waals surface area contributed by atoms with Crippen LogP contribution in [0, 0.1) is 0 Å². The van der Waals surface area contributed by atoms with E-state index >= 15 is 0 Å². The van der Waals surface area contributed by atoms with E-state index < -0.39 is 7.82 Å². The number of hydrogen-bond acceptors (Lipinski definition) is 1. The molecule has 48 valence electrons. The standard InChI is InChI=1S/CH4.H3O4P.H3P/c;1-5(2,3)4;/h1H4;(H3,1,2,3,4);1H3. The Morgan fingerprint density at radius 1 is 1.14 bits per heavy atom. The molecule has 0 aliphatic rings. The Hall–Kier alpha value is 0.540. The van der Waals surface area contributed by atoms with Crippen LogP contribution < -0.4 is 0 Å². The van der Waals surface area contributed by atoms with Gasteiger partial charge < -0.3 is 14.7 Å². The quantitative estimate of drug-likeness (QED) is 0.414. The van der Waals surface area contributed by atoms with E-state index in [1.807, 2.05) is 0 Å². The lowest BCUT2D eigenvalue weighted by Crippen LogP contribution is -1.66. The summed E-state index contributed by atoms with van der Waals surface area (Å²) in [6.07, 6.45) is 0. The van der Waals surface area contributed by atoms with Gasteiger partial charge in [0.1, 0.15) is 0 Å². The molecule has 0 aromatic rings. The molecule has 0 aliphatic carbocycles. The van der Waals surface area contributed by atoms with Crippen LogP contribution in [0.2, 0.25) is 0 Å². The first kappa shape index (κ1) is 15.6. The molecule has 6 heteroatoms. The first-order valence-electron chi connectivity index (χ1n) is 0.783. The van der Waals surface area contributed by atoms with Crippen LogP contribution in [0.3, 0.4) is 0 Å². The van der Waals surface area contributed by atoms with Gasteiger partial charge in [-0.15, -0.1) is 0 Å². The summed E-state index contributed by atoms with van der Waals surface area (Å²) >= 11 is 0. The Labute approximate surface area is 45.4 Å². The zero-order valence-electron chi connectivity index (χ0n) is 2.90. The molecule has 0 bridgehead atoms. The lowest BCUT2D eigenvalue weighted by Gasteiger charge is -1.82. The van der Waals surface area contributed by atoms with Gasteiger partial charge in [-0.2, -0.15) is 9.90 Å². The van der Waals surface area contributed by atoms with Crippen LogP contribution in [0.25, 0.3) is 0 Å². The smallest absolute Gasteiger partial charge is 0.303 e. The molecule has 4 nitrogen and oxygen atoms in total. The van der Waals surface area contributed by atoms with Crippen molar-refractivity contribution in [1.82, 2.24) is 0 Å². The molecule has 7 heavy (non-hydrogen) atoms. The Morgan fingerprint density at radius 2 is 1.14 bits per heavy atom. The second-order valence-electron chi connectivity index (χ2n) is 0.513. The molecule has 0 heterocycles. The molecule has 0 spiro atoms. The van der Waals surface area contributed by atoms with E-state index in [0.717, 1.165) is 0 Å². The summed E-state index contributed by atoms with van der Waals surface area (Å²) in [6.45, 7) is 0. The van der Waals surface area contributed by atoms with Gasteiger partial charge in [0.25, 0.3) is 0 Å². The van der Waals surface area contributed by atoms with Gasteiger partial charge >= 0.3 is 7.82 Å². The van der Waals surface area contributed by atoms with E-state index in [2.05, 4.69) is 0 Å². The van der Waals surface area contributed by atoms with Crippen molar-refractivity contribution in [3.63, 3.8) is 0 Å². The molecule has 0 saturated carbocycles. The van der Waals surface area contributed by atoms with Crippen LogP contribution in [0.5, 0.6) is 0 Å². The fourth-order valence-corrected chi connectivity index (χ4v) is 0. The topological polar surface area (TPSA) is 77.8 Å². The maximum Gasteiger partial charge on any atom is 0.466 e. The summed E-state index contributed by atoms with van der Waals surface area (Å²) in [5.74, 6) is 0. The molecule has 0 radical (unpaired) electrons. The molecule has 0 saturated heterocycles. The Balaban J connectivity index is -0.0000000800. The first-order valence-corrected chi connectivity index (χ1v) is 2.35. The van der Waals surface area contributed by atoms with Crippen molar-refractivity contribution in [1.29, 1.82) is 0 Å². The van der Waals surface area contributed by atoms with Gasteiger partial charge in [0.05, 0.1) is 0 Å². The Morgan fingerprint density at radius 3 is 1.14 bits per heavy atom. The van der Waals surface area contributed by atoms with Crippen LogP contribution >= 0.6 is 17.7 Å². The van der Waals surface area contributed by atoms with Gasteiger partial charge in [-0.1, -0.05) is 7.43 Å². The first-order chi connectivity index (χ1) is 2.00. The van der Waals surface area contributed by atoms with Gasteiger partial charge in [0.2, 0.25) is 0 Å². The molecule has 0 fully saturated rings. The molecule has 0 aliphatic heterocycles. The van der Waals surface area contributed by atoms with Crippen molar-refractivity contribution < 1.29 is 19.2 Å². The van der Waals surface area contributed by atoms with E-state index in [0.29, 0.717) is 0 Å². The van der Waals surface area contributed by atoms with Crippen molar-refractivity contribution >= 4 is 17.7 Å². The second kappa shape index (κ2) is 4.69. The molecular weight excluding hydrogens is 138 g/mol.